The van der Waals surface area contributed by atoms with Crippen LogP contribution in [0.2, 0.25) is 0 Å². The summed E-state index contributed by atoms with van der Waals surface area (Å²) in [7, 11) is 1.57. The second-order valence-electron chi connectivity index (χ2n) is 5.22. The van der Waals surface area contributed by atoms with E-state index in [2.05, 4.69) is 10.6 Å². The van der Waals surface area contributed by atoms with E-state index in [9.17, 15) is 9.90 Å². The van der Waals surface area contributed by atoms with Crippen LogP contribution in [0.25, 0.3) is 0 Å². The number of ether oxygens (including phenoxy) is 1. The standard InChI is InChI=1S/C15H22N2O3/c1-20-14-8-3-2-7-13(14)17-15(19)16-10-11-5-4-6-12(18)9-11/h2-3,7-8,11-12,18H,4-6,9-10H2,1H3,(H2,16,17,19). The van der Waals surface area contributed by atoms with Gasteiger partial charge in [0.1, 0.15) is 5.75 Å². The Kier molecular flexibility index (Phi) is 5.24. The molecule has 2 amide bonds. The number of hydrogen-bond acceptors (Lipinski definition) is 3. The van der Waals surface area contributed by atoms with Gasteiger partial charge < -0.3 is 20.5 Å². The summed E-state index contributed by atoms with van der Waals surface area (Å²) in [5, 5.41) is 15.2. The maximum Gasteiger partial charge on any atom is 0.319 e. The normalized spacial score (nSPS) is 22.1. The van der Waals surface area contributed by atoms with E-state index in [1.54, 1.807) is 19.2 Å². The average molecular weight is 278 g/mol. The highest BCUT2D eigenvalue weighted by molar-refractivity contribution is 5.90. The van der Waals surface area contributed by atoms with Crippen molar-refractivity contribution in [3.05, 3.63) is 24.3 Å². The van der Waals surface area contributed by atoms with Crippen molar-refractivity contribution < 1.29 is 14.6 Å². The predicted octanol–water partition coefficient (Wildman–Crippen LogP) is 2.37. The SMILES string of the molecule is COc1ccccc1NC(=O)NCC1CCCC(O)C1. The third kappa shape index (κ3) is 4.13. The molecule has 1 aromatic carbocycles. The lowest BCUT2D eigenvalue weighted by molar-refractivity contribution is 0.101. The van der Waals surface area contributed by atoms with Crippen LogP contribution in [0.1, 0.15) is 25.7 Å². The largest absolute Gasteiger partial charge is 0.495 e. The number of nitrogens with one attached hydrogen (secondary N) is 2. The maximum atomic E-state index is 11.9. The lowest BCUT2D eigenvalue weighted by atomic mass is 9.87. The Morgan fingerprint density at radius 3 is 2.95 bits per heavy atom. The molecule has 5 heteroatoms. The van der Waals surface area contributed by atoms with Gasteiger partial charge in [0, 0.05) is 6.54 Å². The molecule has 1 aliphatic carbocycles. The highest BCUT2D eigenvalue weighted by Crippen LogP contribution is 2.24. The molecule has 2 unspecified atom stereocenters. The molecular formula is C15H22N2O3. The number of methoxy groups -OCH3 is 1. The summed E-state index contributed by atoms with van der Waals surface area (Å²) in [5.74, 6) is 0.998. The van der Waals surface area contributed by atoms with Crippen molar-refractivity contribution >= 4 is 11.7 Å². The van der Waals surface area contributed by atoms with Crippen molar-refractivity contribution in [2.45, 2.75) is 31.8 Å². The third-order valence-electron chi connectivity index (χ3n) is 3.66. The van der Waals surface area contributed by atoms with Crippen LogP contribution < -0.4 is 15.4 Å². The van der Waals surface area contributed by atoms with Crippen LogP contribution in [-0.2, 0) is 0 Å². The van der Waals surface area contributed by atoms with Crippen molar-refractivity contribution in [2.75, 3.05) is 19.0 Å². The van der Waals surface area contributed by atoms with Gasteiger partial charge in [0.25, 0.3) is 0 Å². The molecule has 0 saturated heterocycles. The minimum atomic E-state index is -0.241. The van der Waals surface area contributed by atoms with Crippen molar-refractivity contribution in [1.82, 2.24) is 5.32 Å². The number of anilines is 1. The van der Waals surface area contributed by atoms with Gasteiger partial charge in [-0.2, -0.15) is 0 Å². The molecule has 0 aliphatic heterocycles. The van der Waals surface area contributed by atoms with E-state index in [4.69, 9.17) is 4.74 Å². The number of para-hydroxylation sites is 2. The summed E-state index contributed by atoms with van der Waals surface area (Å²) in [4.78, 5) is 11.9. The summed E-state index contributed by atoms with van der Waals surface area (Å²) < 4.78 is 5.18. The second kappa shape index (κ2) is 7.14. The fraction of sp³-hybridized carbons (Fsp3) is 0.533. The highest BCUT2D eigenvalue weighted by atomic mass is 16.5. The van der Waals surface area contributed by atoms with E-state index in [1.165, 1.54) is 0 Å². The van der Waals surface area contributed by atoms with Crippen LogP contribution in [0.4, 0.5) is 10.5 Å². The molecule has 1 aromatic rings. The molecule has 110 valence electrons. The number of amides is 2. The summed E-state index contributed by atoms with van der Waals surface area (Å²) in [5.41, 5.74) is 0.649. The summed E-state index contributed by atoms with van der Waals surface area (Å²) in [6.07, 6.45) is 3.53. The molecule has 1 aliphatic rings. The van der Waals surface area contributed by atoms with Crippen molar-refractivity contribution in [1.29, 1.82) is 0 Å². The van der Waals surface area contributed by atoms with Gasteiger partial charge in [-0.15, -0.1) is 0 Å². The number of aliphatic hydroxyl groups is 1. The fourth-order valence-electron chi connectivity index (χ4n) is 2.60. The number of carbonyl (C=O) groups is 1. The molecule has 1 saturated carbocycles. The summed E-state index contributed by atoms with van der Waals surface area (Å²) in [6.45, 7) is 0.595. The molecule has 0 aromatic heterocycles. The monoisotopic (exact) mass is 278 g/mol. The molecule has 0 radical (unpaired) electrons. The first-order chi connectivity index (χ1) is 9.69. The number of carbonyl (C=O) groups excluding carboxylic acids is 1. The Morgan fingerprint density at radius 2 is 2.20 bits per heavy atom. The topological polar surface area (TPSA) is 70.6 Å². The first-order valence-electron chi connectivity index (χ1n) is 7.05. The van der Waals surface area contributed by atoms with Gasteiger partial charge in [-0.25, -0.2) is 4.79 Å². The Bertz CT molecular complexity index is 450. The van der Waals surface area contributed by atoms with Crippen molar-refractivity contribution in [2.24, 2.45) is 5.92 Å². The molecular weight excluding hydrogens is 256 g/mol. The molecule has 2 atom stereocenters. The second-order valence-corrected chi connectivity index (χ2v) is 5.22. The molecule has 2 rings (SSSR count). The minimum absolute atomic E-state index is 0.215. The zero-order chi connectivity index (χ0) is 14.4. The van der Waals surface area contributed by atoms with E-state index in [-0.39, 0.29) is 12.1 Å². The van der Waals surface area contributed by atoms with Gasteiger partial charge in [0.05, 0.1) is 18.9 Å². The number of hydrogen-bond donors (Lipinski definition) is 3. The number of rotatable bonds is 4. The summed E-state index contributed by atoms with van der Waals surface area (Å²) >= 11 is 0. The molecule has 1 fully saturated rings. The lowest BCUT2D eigenvalue weighted by Crippen LogP contribution is -2.35. The molecule has 3 N–H and O–H groups in total. The van der Waals surface area contributed by atoms with Crippen molar-refractivity contribution in [3.63, 3.8) is 0 Å². The quantitative estimate of drug-likeness (QED) is 0.792. The van der Waals surface area contributed by atoms with Crippen LogP contribution >= 0.6 is 0 Å². The van der Waals surface area contributed by atoms with Crippen LogP contribution in [0.3, 0.4) is 0 Å². The smallest absolute Gasteiger partial charge is 0.319 e. The van der Waals surface area contributed by atoms with E-state index in [1.807, 2.05) is 12.1 Å². The van der Waals surface area contributed by atoms with E-state index >= 15 is 0 Å². The first kappa shape index (κ1) is 14.7. The van der Waals surface area contributed by atoms with Crippen LogP contribution in [0, 0.1) is 5.92 Å². The summed E-state index contributed by atoms with van der Waals surface area (Å²) in [6, 6.07) is 7.05. The van der Waals surface area contributed by atoms with E-state index < -0.39 is 0 Å². The fourth-order valence-corrected chi connectivity index (χ4v) is 2.60. The Hall–Kier alpha value is -1.75. The van der Waals surface area contributed by atoms with Gasteiger partial charge in [0.2, 0.25) is 0 Å². The van der Waals surface area contributed by atoms with Gasteiger partial charge >= 0.3 is 6.03 Å². The molecule has 20 heavy (non-hydrogen) atoms. The van der Waals surface area contributed by atoms with E-state index in [0.29, 0.717) is 23.9 Å². The predicted molar refractivity (Wildman–Crippen MR) is 78.0 cm³/mol. The van der Waals surface area contributed by atoms with Crippen molar-refractivity contribution in [3.8, 4) is 5.75 Å². The van der Waals surface area contributed by atoms with Crippen LogP contribution in [-0.4, -0.2) is 30.9 Å². The van der Waals surface area contributed by atoms with Crippen LogP contribution in [0.5, 0.6) is 5.75 Å². The van der Waals surface area contributed by atoms with Gasteiger partial charge in [0.15, 0.2) is 0 Å². The van der Waals surface area contributed by atoms with E-state index in [0.717, 1.165) is 25.7 Å². The minimum Gasteiger partial charge on any atom is -0.495 e. The third-order valence-corrected chi connectivity index (χ3v) is 3.66. The Morgan fingerprint density at radius 1 is 1.40 bits per heavy atom. The van der Waals surface area contributed by atoms with Gasteiger partial charge in [-0.3, -0.25) is 0 Å². The number of benzene rings is 1. The lowest BCUT2D eigenvalue weighted by Gasteiger charge is -2.25. The van der Waals surface area contributed by atoms with Gasteiger partial charge in [-0.1, -0.05) is 18.6 Å². The molecule has 0 bridgehead atoms. The number of urea groups is 1. The Labute approximate surface area is 119 Å². The molecule has 0 heterocycles. The average Bonchev–Trinajstić information content (AvgIpc) is 2.46. The molecule has 5 nitrogen and oxygen atoms in total. The number of aliphatic hydroxyl groups excluding tert-OH is 1. The highest BCUT2D eigenvalue weighted by Gasteiger charge is 2.20. The molecule has 0 spiro atoms. The Balaban J connectivity index is 1.80. The first-order valence-corrected chi connectivity index (χ1v) is 7.05. The van der Waals surface area contributed by atoms with Crippen LogP contribution in [0.15, 0.2) is 24.3 Å². The zero-order valence-corrected chi connectivity index (χ0v) is 11.8. The zero-order valence-electron chi connectivity index (χ0n) is 11.8. The van der Waals surface area contributed by atoms with Gasteiger partial charge in [-0.05, 0) is 37.3 Å². The maximum absolute atomic E-state index is 11.9.